The van der Waals surface area contributed by atoms with Crippen molar-refractivity contribution in [2.45, 2.75) is 25.6 Å². The number of carbonyl (C=O) groups excluding carboxylic acids is 1. The fourth-order valence-corrected chi connectivity index (χ4v) is 4.07. The van der Waals surface area contributed by atoms with Gasteiger partial charge in [0.2, 0.25) is 0 Å². The molecule has 0 spiro atoms. The van der Waals surface area contributed by atoms with Crippen molar-refractivity contribution in [3.05, 3.63) is 64.4 Å². The van der Waals surface area contributed by atoms with E-state index in [1.165, 1.54) is 43.6 Å². The monoisotopic (exact) mass is 525 g/mol. The Morgan fingerprint density at radius 1 is 1.22 bits per heavy atom. The summed E-state index contributed by atoms with van der Waals surface area (Å²) in [5.41, 5.74) is 2.55. The second kappa shape index (κ2) is 10.4. The highest BCUT2D eigenvalue weighted by Crippen LogP contribution is 2.29. The van der Waals surface area contributed by atoms with Crippen LogP contribution < -0.4 is 16.0 Å². The third-order valence-electron chi connectivity index (χ3n) is 5.18. The van der Waals surface area contributed by atoms with Gasteiger partial charge in [-0.3, -0.25) is 4.79 Å². The third kappa shape index (κ3) is 5.85. The Morgan fingerprint density at radius 3 is 2.75 bits per heavy atom. The number of hydrogen-bond acceptors (Lipinski definition) is 9. The van der Waals surface area contributed by atoms with Gasteiger partial charge in [0.15, 0.2) is 0 Å². The van der Waals surface area contributed by atoms with E-state index >= 15 is 0 Å². The molecule has 0 bridgehead atoms. The van der Waals surface area contributed by atoms with Crippen molar-refractivity contribution in [3.8, 4) is 6.07 Å². The maximum absolute atomic E-state index is 14.2. The Hall–Kier alpha value is -3.85. The third-order valence-corrected chi connectivity index (χ3v) is 6.26. The molecule has 12 heteroatoms. The van der Waals surface area contributed by atoms with Gasteiger partial charge in [0.1, 0.15) is 23.9 Å². The van der Waals surface area contributed by atoms with Gasteiger partial charge in [0.05, 0.1) is 49.7 Å². The first-order valence-electron chi connectivity index (χ1n) is 10.7. The molecule has 1 unspecified atom stereocenters. The lowest BCUT2D eigenvalue weighted by molar-refractivity contribution is -0.00177. The van der Waals surface area contributed by atoms with E-state index in [1.807, 2.05) is 24.3 Å². The lowest BCUT2D eigenvalue weighted by atomic mass is 10.0. The van der Waals surface area contributed by atoms with Crippen LogP contribution in [0.1, 0.15) is 29.8 Å². The Labute approximate surface area is 215 Å². The van der Waals surface area contributed by atoms with E-state index in [0.29, 0.717) is 22.8 Å². The largest absolute Gasteiger partial charge is 0.387 e. The van der Waals surface area contributed by atoms with Crippen molar-refractivity contribution in [2.75, 3.05) is 17.2 Å². The summed E-state index contributed by atoms with van der Waals surface area (Å²) in [5.74, 6) is 0.0339. The first kappa shape index (κ1) is 25.2. The number of nitrogens with zero attached hydrogens (tertiary/aromatic N) is 4. The van der Waals surface area contributed by atoms with Crippen molar-refractivity contribution in [2.24, 2.45) is 0 Å². The number of benzene rings is 1. The van der Waals surface area contributed by atoms with Crippen LogP contribution in [0, 0.1) is 11.3 Å². The first-order chi connectivity index (χ1) is 17.1. The second-order valence-electron chi connectivity index (χ2n) is 8.40. The summed E-state index contributed by atoms with van der Waals surface area (Å²) in [5, 5.41) is 27.7. The number of hydrogen-bond donors (Lipinski definition) is 4. The van der Waals surface area contributed by atoms with Crippen LogP contribution in [0.4, 0.5) is 27.4 Å². The summed E-state index contributed by atoms with van der Waals surface area (Å²) in [4.78, 5) is 25.6. The highest BCUT2D eigenvalue weighted by atomic mass is 35.5. The summed E-state index contributed by atoms with van der Waals surface area (Å²) in [6.45, 7) is 2.28. The second-order valence-corrected chi connectivity index (χ2v) is 9.69. The number of carbonyl (C=O) groups is 1. The minimum Gasteiger partial charge on any atom is -0.387 e. The maximum atomic E-state index is 14.2. The molecule has 4 N–H and O–H groups in total. The molecule has 1 atom stereocenters. The summed E-state index contributed by atoms with van der Waals surface area (Å²) in [7, 11) is 0. The number of pyridine rings is 2. The Bertz CT molecular complexity index is 1470. The number of alkyl halides is 1. The summed E-state index contributed by atoms with van der Waals surface area (Å²) in [6.07, 6.45) is 1.04. The van der Waals surface area contributed by atoms with Crippen molar-refractivity contribution >= 4 is 62.1 Å². The minimum absolute atomic E-state index is 0.159. The SMILES string of the molecule is CC(C)(O)C(F)CNC(=O)c1cnc(Nc2ncc(C#N)cc2Cl)cc1Nc1ccc2ncsc2c1. The summed E-state index contributed by atoms with van der Waals surface area (Å²) >= 11 is 7.70. The van der Waals surface area contributed by atoms with Gasteiger partial charge in [-0.05, 0) is 38.1 Å². The van der Waals surface area contributed by atoms with Gasteiger partial charge in [-0.25, -0.2) is 19.3 Å². The predicted molar refractivity (Wildman–Crippen MR) is 138 cm³/mol. The molecule has 9 nitrogen and oxygen atoms in total. The number of rotatable bonds is 8. The molecule has 0 fully saturated rings. The zero-order valence-electron chi connectivity index (χ0n) is 19.2. The van der Waals surface area contributed by atoms with Crippen LogP contribution in [0.15, 0.2) is 48.2 Å². The van der Waals surface area contributed by atoms with Crippen LogP contribution in [-0.2, 0) is 0 Å². The van der Waals surface area contributed by atoms with E-state index in [2.05, 4.69) is 30.9 Å². The number of nitrogens with one attached hydrogen (secondary N) is 3. The summed E-state index contributed by atoms with van der Waals surface area (Å²) in [6, 6.07) is 10.6. The summed E-state index contributed by atoms with van der Waals surface area (Å²) < 4.78 is 15.2. The highest BCUT2D eigenvalue weighted by Gasteiger charge is 2.27. The van der Waals surface area contributed by atoms with Crippen LogP contribution in [0.5, 0.6) is 0 Å². The van der Waals surface area contributed by atoms with E-state index in [-0.39, 0.29) is 22.9 Å². The van der Waals surface area contributed by atoms with E-state index in [1.54, 1.807) is 11.6 Å². The van der Waals surface area contributed by atoms with E-state index < -0.39 is 17.7 Å². The van der Waals surface area contributed by atoms with Crippen molar-refractivity contribution in [3.63, 3.8) is 0 Å². The van der Waals surface area contributed by atoms with Gasteiger partial charge < -0.3 is 21.1 Å². The molecular weight excluding hydrogens is 505 g/mol. The van der Waals surface area contributed by atoms with Gasteiger partial charge in [0.25, 0.3) is 5.91 Å². The number of anilines is 4. The zero-order valence-corrected chi connectivity index (χ0v) is 20.8. The minimum atomic E-state index is -1.66. The lowest BCUT2D eigenvalue weighted by Crippen LogP contribution is -2.42. The number of amides is 1. The Balaban J connectivity index is 1.64. The molecule has 1 aromatic carbocycles. The Kier molecular flexibility index (Phi) is 7.30. The lowest BCUT2D eigenvalue weighted by Gasteiger charge is -2.22. The number of thiazole rings is 1. The number of nitriles is 1. The molecule has 184 valence electrons. The molecule has 0 saturated heterocycles. The molecule has 4 aromatic rings. The number of halogens is 2. The number of aliphatic hydroxyl groups is 1. The molecule has 0 aliphatic rings. The van der Waals surface area contributed by atoms with E-state index in [4.69, 9.17) is 16.9 Å². The molecule has 1 amide bonds. The molecule has 0 saturated carbocycles. The normalized spacial score (nSPS) is 12.1. The molecule has 3 heterocycles. The maximum Gasteiger partial charge on any atom is 0.255 e. The van der Waals surface area contributed by atoms with Crippen molar-refractivity contribution in [1.29, 1.82) is 5.26 Å². The van der Waals surface area contributed by atoms with Crippen LogP contribution in [0.25, 0.3) is 10.2 Å². The first-order valence-corrected chi connectivity index (χ1v) is 12.0. The van der Waals surface area contributed by atoms with Gasteiger partial charge in [-0.15, -0.1) is 11.3 Å². The average molecular weight is 526 g/mol. The Morgan fingerprint density at radius 2 is 2.03 bits per heavy atom. The van der Waals surface area contributed by atoms with Gasteiger partial charge in [0, 0.05) is 24.1 Å². The van der Waals surface area contributed by atoms with Crippen LogP contribution in [0.2, 0.25) is 5.02 Å². The van der Waals surface area contributed by atoms with Gasteiger partial charge in [-0.1, -0.05) is 11.6 Å². The van der Waals surface area contributed by atoms with Crippen LogP contribution >= 0.6 is 22.9 Å². The van der Waals surface area contributed by atoms with Crippen molar-refractivity contribution < 1.29 is 14.3 Å². The molecular formula is C24H21ClFN7O2S. The molecule has 36 heavy (non-hydrogen) atoms. The zero-order chi connectivity index (χ0) is 25.9. The van der Waals surface area contributed by atoms with Gasteiger partial charge in [-0.2, -0.15) is 5.26 Å². The molecule has 0 aliphatic heterocycles. The molecule has 0 radical (unpaired) electrons. The fourth-order valence-electron chi connectivity index (χ4n) is 3.14. The van der Waals surface area contributed by atoms with Gasteiger partial charge >= 0.3 is 0 Å². The molecule has 3 aromatic heterocycles. The van der Waals surface area contributed by atoms with E-state index in [0.717, 1.165) is 10.2 Å². The fraction of sp³-hybridized carbons (Fsp3) is 0.208. The molecule has 4 rings (SSSR count). The number of aromatic nitrogens is 3. The quantitative estimate of drug-likeness (QED) is 0.254. The van der Waals surface area contributed by atoms with Crippen molar-refractivity contribution in [1.82, 2.24) is 20.3 Å². The molecule has 0 aliphatic carbocycles. The van der Waals surface area contributed by atoms with E-state index in [9.17, 15) is 14.3 Å². The highest BCUT2D eigenvalue weighted by molar-refractivity contribution is 7.16. The topological polar surface area (TPSA) is 136 Å². The average Bonchev–Trinajstić information content (AvgIpc) is 3.31. The predicted octanol–water partition coefficient (Wildman–Crippen LogP) is 4.94. The van der Waals surface area contributed by atoms with Crippen LogP contribution in [0.3, 0.4) is 0 Å². The smallest absolute Gasteiger partial charge is 0.255 e. The van der Waals surface area contributed by atoms with Crippen LogP contribution in [-0.4, -0.2) is 44.3 Å². The number of fused-ring (bicyclic) bond motifs is 1. The standard InChI is InChI=1S/C24H21ClFN7O2S/c1-24(2,35)20(26)11-30-23(34)15-10-28-21(33-22-16(25)5-13(8-27)9-29-22)7-18(15)32-14-3-4-17-19(6-14)36-12-31-17/h3-7,9-10,12,20,35H,11H2,1-2H3,(H,30,34)(H2,28,29,32,33).